The van der Waals surface area contributed by atoms with Crippen LogP contribution in [0.1, 0.15) is 19.8 Å². The second-order valence-electron chi connectivity index (χ2n) is 4.64. The highest BCUT2D eigenvalue weighted by atomic mass is 16.5. The van der Waals surface area contributed by atoms with Crippen molar-refractivity contribution >= 4 is 5.97 Å². The van der Waals surface area contributed by atoms with E-state index >= 15 is 0 Å². The molecule has 0 heterocycles. The topological polar surface area (TPSA) is 44.8 Å². The van der Waals surface area contributed by atoms with Gasteiger partial charge in [-0.15, -0.1) is 0 Å². The van der Waals surface area contributed by atoms with Gasteiger partial charge in [0, 0.05) is 6.42 Å². The van der Waals surface area contributed by atoms with E-state index in [2.05, 4.69) is 0 Å². The van der Waals surface area contributed by atoms with Crippen LogP contribution in [0.25, 0.3) is 0 Å². The normalized spacial score (nSPS) is 10.0. The Morgan fingerprint density at radius 3 is 2.23 bits per heavy atom. The molecule has 4 nitrogen and oxygen atoms in total. The van der Waals surface area contributed by atoms with E-state index in [1.807, 2.05) is 54.6 Å². The smallest absolute Gasteiger partial charge is 0.305 e. The van der Waals surface area contributed by atoms with Crippen molar-refractivity contribution in [3.05, 3.63) is 54.6 Å². The van der Waals surface area contributed by atoms with Crippen LogP contribution in [-0.4, -0.2) is 19.2 Å². The van der Waals surface area contributed by atoms with Gasteiger partial charge in [-0.2, -0.15) is 0 Å². The van der Waals surface area contributed by atoms with Crippen LogP contribution in [-0.2, 0) is 9.53 Å². The van der Waals surface area contributed by atoms with Crippen molar-refractivity contribution in [2.24, 2.45) is 0 Å². The molecule has 0 unspecified atom stereocenters. The first-order chi connectivity index (χ1) is 10.8. The Balaban J connectivity index is 1.74. The minimum atomic E-state index is -0.183. The second kappa shape index (κ2) is 8.72. The van der Waals surface area contributed by atoms with Gasteiger partial charge in [0.1, 0.15) is 17.2 Å². The molecule has 0 spiro atoms. The zero-order valence-electron chi connectivity index (χ0n) is 12.7. The van der Waals surface area contributed by atoms with Crippen molar-refractivity contribution in [2.75, 3.05) is 13.2 Å². The molecule has 2 aromatic rings. The first-order valence-electron chi connectivity index (χ1n) is 7.39. The van der Waals surface area contributed by atoms with Gasteiger partial charge in [0.25, 0.3) is 0 Å². The summed E-state index contributed by atoms with van der Waals surface area (Å²) >= 11 is 0. The molecule has 0 radical (unpaired) electrons. The van der Waals surface area contributed by atoms with Crippen LogP contribution in [0.5, 0.6) is 17.2 Å². The third kappa shape index (κ3) is 5.48. The van der Waals surface area contributed by atoms with E-state index in [0.29, 0.717) is 26.1 Å². The maximum atomic E-state index is 11.2. The number of carbonyl (C=O) groups is 1. The summed E-state index contributed by atoms with van der Waals surface area (Å²) in [7, 11) is 0. The Hall–Kier alpha value is -2.49. The number of para-hydroxylation sites is 1. The molecule has 0 fully saturated rings. The summed E-state index contributed by atoms with van der Waals surface area (Å²) in [4.78, 5) is 11.2. The molecule has 2 aromatic carbocycles. The Morgan fingerprint density at radius 2 is 1.55 bits per heavy atom. The summed E-state index contributed by atoms with van der Waals surface area (Å²) in [5, 5.41) is 0. The summed E-state index contributed by atoms with van der Waals surface area (Å²) in [6.07, 6.45) is 1.02. The third-order valence-electron chi connectivity index (χ3n) is 2.90. The number of ether oxygens (including phenoxy) is 3. The van der Waals surface area contributed by atoms with Gasteiger partial charge in [-0.05, 0) is 49.7 Å². The average Bonchev–Trinajstić information content (AvgIpc) is 2.54. The molecule has 0 aliphatic heterocycles. The summed E-state index contributed by atoms with van der Waals surface area (Å²) in [6.45, 7) is 2.70. The van der Waals surface area contributed by atoms with Crippen molar-refractivity contribution in [1.82, 2.24) is 0 Å². The van der Waals surface area contributed by atoms with Crippen molar-refractivity contribution in [2.45, 2.75) is 19.8 Å². The molecule has 116 valence electrons. The van der Waals surface area contributed by atoms with Gasteiger partial charge in [-0.1, -0.05) is 18.2 Å². The lowest BCUT2D eigenvalue weighted by molar-refractivity contribution is -0.143. The molecular formula is C18H20O4. The summed E-state index contributed by atoms with van der Waals surface area (Å²) < 4.78 is 16.1. The summed E-state index contributed by atoms with van der Waals surface area (Å²) in [5.41, 5.74) is 0. The number of benzene rings is 2. The maximum absolute atomic E-state index is 11.2. The van der Waals surface area contributed by atoms with Gasteiger partial charge in [-0.25, -0.2) is 0 Å². The molecule has 0 aliphatic rings. The van der Waals surface area contributed by atoms with E-state index in [9.17, 15) is 4.79 Å². The van der Waals surface area contributed by atoms with Crippen molar-refractivity contribution in [3.63, 3.8) is 0 Å². The number of carbonyl (C=O) groups excluding carboxylic acids is 1. The Morgan fingerprint density at radius 1 is 0.909 bits per heavy atom. The second-order valence-corrected chi connectivity index (χ2v) is 4.64. The van der Waals surface area contributed by atoms with Gasteiger partial charge in [-0.3, -0.25) is 4.79 Å². The number of rotatable bonds is 8. The Kier molecular flexibility index (Phi) is 6.30. The minimum Gasteiger partial charge on any atom is -0.494 e. The summed E-state index contributed by atoms with van der Waals surface area (Å²) in [6, 6.07) is 17.0. The van der Waals surface area contributed by atoms with Crippen LogP contribution in [0.2, 0.25) is 0 Å². The van der Waals surface area contributed by atoms with Crippen LogP contribution in [0, 0.1) is 0 Å². The predicted octanol–water partition coefficient (Wildman–Crippen LogP) is 4.20. The lowest BCUT2D eigenvalue weighted by Crippen LogP contribution is -2.06. The first-order valence-corrected chi connectivity index (χ1v) is 7.39. The minimum absolute atomic E-state index is 0.183. The van der Waals surface area contributed by atoms with Crippen LogP contribution >= 0.6 is 0 Å². The highest BCUT2D eigenvalue weighted by molar-refractivity contribution is 5.69. The van der Waals surface area contributed by atoms with Gasteiger partial charge in [0.05, 0.1) is 13.2 Å². The highest BCUT2D eigenvalue weighted by Gasteiger charge is 2.02. The standard InChI is InChI=1S/C18H20O4/c1-2-20-18(19)9-6-14-21-15-10-12-17(13-11-15)22-16-7-4-3-5-8-16/h3-5,7-8,10-13H,2,6,9,14H2,1H3. The van der Waals surface area contributed by atoms with Crippen LogP contribution in [0.15, 0.2) is 54.6 Å². The van der Waals surface area contributed by atoms with E-state index in [-0.39, 0.29) is 5.97 Å². The van der Waals surface area contributed by atoms with E-state index in [0.717, 1.165) is 17.2 Å². The number of esters is 1. The molecule has 0 bridgehead atoms. The average molecular weight is 300 g/mol. The molecule has 0 amide bonds. The summed E-state index contributed by atoms with van der Waals surface area (Å²) in [5.74, 6) is 2.12. The fourth-order valence-electron chi connectivity index (χ4n) is 1.87. The Labute approximate surface area is 130 Å². The molecule has 0 saturated heterocycles. The molecule has 0 aromatic heterocycles. The quantitative estimate of drug-likeness (QED) is 0.541. The Bertz CT molecular complexity index is 563. The van der Waals surface area contributed by atoms with Gasteiger partial charge >= 0.3 is 5.97 Å². The van der Waals surface area contributed by atoms with Crippen molar-refractivity contribution < 1.29 is 19.0 Å². The van der Waals surface area contributed by atoms with E-state index in [1.165, 1.54) is 0 Å². The monoisotopic (exact) mass is 300 g/mol. The third-order valence-corrected chi connectivity index (χ3v) is 2.90. The fourth-order valence-corrected chi connectivity index (χ4v) is 1.87. The lowest BCUT2D eigenvalue weighted by Gasteiger charge is -2.08. The van der Waals surface area contributed by atoms with Crippen molar-refractivity contribution in [1.29, 1.82) is 0 Å². The maximum Gasteiger partial charge on any atom is 0.305 e. The zero-order chi connectivity index (χ0) is 15.6. The highest BCUT2D eigenvalue weighted by Crippen LogP contribution is 2.23. The van der Waals surface area contributed by atoms with E-state index < -0.39 is 0 Å². The molecule has 0 N–H and O–H groups in total. The first kappa shape index (κ1) is 15.9. The van der Waals surface area contributed by atoms with Gasteiger partial charge in [0.15, 0.2) is 0 Å². The van der Waals surface area contributed by atoms with E-state index in [1.54, 1.807) is 6.92 Å². The molecule has 0 aliphatic carbocycles. The zero-order valence-corrected chi connectivity index (χ0v) is 12.7. The molecule has 2 rings (SSSR count). The predicted molar refractivity (Wildman–Crippen MR) is 84.3 cm³/mol. The SMILES string of the molecule is CCOC(=O)CCCOc1ccc(Oc2ccccc2)cc1. The fraction of sp³-hybridized carbons (Fsp3) is 0.278. The number of hydrogen-bond acceptors (Lipinski definition) is 4. The molecule has 4 heteroatoms. The lowest BCUT2D eigenvalue weighted by atomic mass is 10.3. The van der Waals surface area contributed by atoms with Crippen LogP contribution in [0.3, 0.4) is 0 Å². The van der Waals surface area contributed by atoms with Crippen LogP contribution in [0.4, 0.5) is 0 Å². The molecule has 22 heavy (non-hydrogen) atoms. The van der Waals surface area contributed by atoms with Gasteiger partial charge < -0.3 is 14.2 Å². The number of hydrogen-bond donors (Lipinski definition) is 0. The van der Waals surface area contributed by atoms with Crippen molar-refractivity contribution in [3.8, 4) is 17.2 Å². The van der Waals surface area contributed by atoms with Gasteiger partial charge in [0.2, 0.25) is 0 Å². The van der Waals surface area contributed by atoms with Crippen LogP contribution < -0.4 is 9.47 Å². The molecular weight excluding hydrogens is 280 g/mol. The molecule has 0 saturated carbocycles. The van der Waals surface area contributed by atoms with E-state index in [4.69, 9.17) is 14.2 Å². The molecule has 0 atom stereocenters. The largest absolute Gasteiger partial charge is 0.494 e.